The molecule has 0 unspecified atom stereocenters. The first kappa shape index (κ1) is 25.3. The van der Waals surface area contributed by atoms with Gasteiger partial charge in [0.15, 0.2) is 10.9 Å². The molecule has 194 valence electrons. The number of rotatable bonds is 5. The fourth-order valence-corrected chi connectivity index (χ4v) is 5.79. The topological polar surface area (TPSA) is 123 Å². The lowest BCUT2D eigenvalue weighted by atomic mass is 9.94. The number of thiazole rings is 1. The summed E-state index contributed by atoms with van der Waals surface area (Å²) in [6.07, 6.45) is 0.639. The molecular weight excluding hydrogens is 508 g/mol. The number of aliphatic hydroxyl groups excluding tert-OH is 1. The molecule has 10 heteroatoms. The van der Waals surface area contributed by atoms with E-state index in [0.29, 0.717) is 33.9 Å². The quantitative estimate of drug-likeness (QED) is 0.169. The molecule has 0 radical (unpaired) electrons. The molecular formula is C28H24N2O7S. The number of aromatic nitrogens is 1. The van der Waals surface area contributed by atoms with Crippen LogP contribution in [0.15, 0.2) is 48.0 Å². The molecule has 9 nitrogen and oxygen atoms in total. The summed E-state index contributed by atoms with van der Waals surface area (Å²) in [5.74, 6) is -2.14. The average molecular weight is 533 g/mol. The molecule has 0 aliphatic carbocycles. The summed E-state index contributed by atoms with van der Waals surface area (Å²) in [5.41, 5.74) is 2.32. The molecule has 2 aliphatic heterocycles. The van der Waals surface area contributed by atoms with Crippen molar-refractivity contribution in [3.63, 3.8) is 0 Å². The predicted molar refractivity (Wildman–Crippen MR) is 140 cm³/mol. The van der Waals surface area contributed by atoms with Gasteiger partial charge in [0.05, 0.1) is 34.9 Å². The Hall–Kier alpha value is -4.31. The molecule has 1 N–H and O–H groups in total. The third kappa shape index (κ3) is 4.16. The fraction of sp³-hybridized carbons (Fsp3) is 0.250. The first-order valence-electron chi connectivity index (χ1n) is 11.9. The van der Waals surface area contributed by atoms with Crippen LogP contribution < -0.4 is 9.64 Å². The van der Waals surface area contributed by atoms with Crippen molar-refractivity contribution in [3.05, 3.63) is 80.9 Å². The molecule has 2 aliphatic rings. The van der Waals surface area contributed by atoms with Gasteiger partial charge in [-0.1, -0.05) is 23.5 Å². The van der Waals surface area contributed by atoms with Gasteiger partial charge in [-0.15, -0.1) is 0 Å². The normalized spacial score (nSPS) is 19.8. The van der Waals surface area contributed by atoms with Crippen LogP contribution in [0.4, 0.5) is 5.13 Å². The van der Waals surface area contributed by atoms with Gasteiger partial charge in [0.25, 0.3) is 5.78 Å². The number of esters is 1. The Morgan fingerprint density at radius 1 is 1.13 bits per heavy atom. The van der Waals surface area contributed by atoms with Gasteiger partial charge in [0.1, 0.15) is 17.6 Å². The summed E-state index contributed by atoms with van der Waals surface area (Å²) in [4.78, 5) is 56.9. The number of amides is 1. The maximum Gasteiger partial charge on any atom is 0.337 e. The Morgan fingerprint density at radius 2 is 1.82 bits per heavy atom. The molecule has 1 aromatic heterocycles. The highest BCUT2D eigenvalue weighted by molar-refractivity contribution is 7.18. The molecule has 2 atom stereocenters. The van der Waals surface area contributed by atoms with Crippen molar-refractivity contribution in [1.29, 1.82) is 0 Å². The van der Waals surface area contributed by atoms with Crippen molar-refractivity contribution in [1.82, 2.24) is 4.98 Å². The summed E-state index contributed by atoms with van der Waals surface area (Å²) < 4.78 is 10.5. The lowest BCUT2D eigenvalue weighted by Crippen LogP contribution is -2.29. The molecule has 0 bridgehead atoms. The molecule has 2 aromatic carbocycles. The van der Waals surface area contributed by atoms with E-state index in [-0.39, 0.29) is 33.9 Å². The van der Waals surface area contributed by atoms with Crippen LogP contribution in [0.2, 0.25) is 0 Å². The maximum absolute atomic E-state index is 13.4. The zero-order valence-corrected chi connectivity index (χ0v) is 21.9. The molecule has 1 saturated heterocycles. The van der Waals surface area contributed by atoms with Crippen LogP contribution in [0.25, 0.3) is 5.76 Å². The van der Waals surface area contributed by atoms with Crippen molar-refractivity contribution in [3.8, 4) is 5.75 Å². The number of ketones is 2. The first-order valence-corrected chi connectivity index (χ1v) is 12.7. The number of aliphatic hydroxyl groups is 1. The number of aryl methyl sites for hydroxylation is 1. The van der Waals surface area contributed by atoms with Gasteiger partial charge >= 0.3 is 11.9 Å². The molecule has 0 spiro atoms. The third-order valence-corrected chi connectivity index (χ3v) is 7.83. The minimum absolute atomic E-state index is 0.00934. The number of hydrogen-bond donors (Lipinski definition) is 1. The molecule has 1 amide bonds. The van der Waals surface area contributed by atoms with Crippen molar-refractivity contribution in [2.24, 2.45) is 0 Å². The highest BCUT2D eigenvalue weighted by Gasteiger charge is 2.48. The van der Waals surface area contributed by atoms with Crippen LogP contribution in [-0.2, 0) is 20.7 Å². The Labute approximate surface area is 222 Å². The van der Waals surface area contributed by atoms with E-state index < -0.39 is 23.7 Å². The number of hydrogen-bond acceptors (Lipinski definition) is 9. The maximum atomic E-state index is 13.4. The summed E-state index contributed by atoms with van der Waals surface area (Å²) in [6.45, 7) is 5.00. The summed E-state index contributed by atoms with van der Waals surface area (Å²) >= 11 is 1.00. The van der Waals surface area contributed by atoms with Crippen molar-refractivity contribution in [2.75, 3.05) is 12.0 Å². The average Bonchev–Trinajstić information content (AvgIpc) is 3.55. The van der Waals surface area contributed by atoms with Crippen LogP contribution in [-0.4, -0.2) is 46.7 Å². The number of benzene rings is 2. The first-order chi connectivity index (χ1) is 18.1. The number of fused-ring (bicyclic) bond motifs is 1. The number of carbonyl (C=O) groups excluding carboxylic acids is 4. The zero-order valence-electron chi connectivity index (χ0n) is 21.1. The summed E-state index contributed by atoms with van der Waals surface area (Å²) in [5, 5.41) is 11.6. The van der Waals surface area contributed by atoms with Crippen molar-refractivity contribution in [2.45, 2.75) is 39.3 Å². The molecule has 38 heavy (non-hydrogen) atoms. The van der Waals surface area contributed by atoms with Gasteiger partial charge in [-0.3, -0.25) is 19.3 Å². The van der Waals surface area contributed by atoms with Crippen LogP contribution in [0.1, 0.15) is 62.3 Å². The van der Waals surface area contributed by atoms with Gasteiger partial charge in [-0.2, -0.15) is 0 Å². The Morgan fingerprint density at radius 3 is 2.45 bits per heavy atom. The van der Waals surface area contributed by atoms with Crippen LogP contribution in [0, 0.1) is 6.92 Å². The lowest BCUT2D eigenvalue weighted by Gasteiger charge is -2.23. The number of ether oxygens (including phenoxy) is 2. The molecule has 1 fully saturated rings. The standard InChI is InChI=1S/C28H24N2O7S/c1-13-11-19-12-18(9-10-20(19)37-13)23(32)21-22(16-5-7-17(8-6-16)27(35)36-4)30(26(34)24(21)33)28-29-14(2)25(38-28)15(3)31/h5-10,12-13,22,32H,11H2,1-4H3/t13-,22+/m1/s1. The van der Waals surface area contributed by atoms with E-state index in [1.807, 2.05) is 6.92 Å². The minimum atomic E-state index is -1.05. The number of Topliss-reactive ketones (excluding diaryl/α,β-unsaturated/α-hetero) is 2. The highest BCUT2D eigenvalue weighted by atomic mass is 32.1. The van der Waals surface area contributed by atoms with Gasteiger partial charge in [0, 0.05) is 18.9 Å². The lowest BCUT2D eigenvalue weighted by molar-refractivity contribution is -0.132. The fourth-order valence-electron chi connectivity index (χ4n) is 4.80. The Bertz CT molecular complexity index is 1540. The molecule has 5 rings (SSSR count). The van der Waals surface area contributed by atoms with E-state index in [9.17, 15) is 24.3 Å². The second-order valence-corrected chi connectivity index (χ2v) is 10.2. The predicted octanol–water partition coefficient (Wildman–Crippen LogP) is 4.39. The third-order valence-electron chi connectivity index (χ3n) is 6.57. The SMILES string of the molecule is COC(=O)c1ccc([C@H]2C(=C(O)c3ccc4c(c3)C[C@@H](C)O4)C(=O)C(=O)N2c2nc(C)c(C(C)=O)s2)cc1. The van der Waals surface area contributed by atoms with Gasteiger partial charge in [-0.25, -0.2) is 9.78 Å². The number of carbonyl (C=O) groups is 4. The van der Waals surface area contributed by atoms with E-state index in [0.717, 1.165) is 16.9 Å². The second kappa shape index (κ2) is 9.53. The van der Waals surface area contributed by atoms with E-state index in [2.05, 4.69) is 4.98 Å². The number of methoxy groups -OCH3 is 1. The second-order valence-electron chi connectivity index (χ2n) is 9.20. The highest BCUT2D eigenvalue weighted by Crippen LogP contribution is 2.44. The van der Waals surface area contributed by atoms with E-state index >= 15 is 0 Å². The number of nitrogens with zero attached hydrogens (tertiary/aromatic N) is 2. The van der Waals surface area contributed by atoms with E-state index in [1.165, 1.54) is 31.1 Å². The van der Waals surface area contributed by atoms with Crippen molar-refractivity contribution < 1.29 is 33.8 Å². The van der Waals surface area contributed by atoms with E-state index in [4.69, 9.17) is 9.47 Å². The smallest absolute Gasteiger partial charge is 0.337 e. The van der Waals surface area contributed by atoms with Gasteiger partial charge in [-0.05, 0) is 55.3 Å². The van der Waals surface area contributed by atoms with E-state index in [1.54, 1.807) is 37.3 Å². The Kier molecular flexibility index (Phi) is 6.36. The van der Waals surface area contributed by atoms with Gasteiger partial charge < -0.3 is 14.6 Å². The molecule has 3 heterocycles. The zero-order chi connectivity index (χ0) is 27.3. The minimum Gasteiger partial charge on any atom is -0.507 e. The van der Waals surface area contributed by atoms with Gasteiger partial charge in [0.2, 0.25) is 0 Å². The summed E-state index contributed by atoms with van der Waals surface area (Å²) in [6, 6.07) is 10.3. The largest absolute Gasteiger partial charge is 0.507 e. The molecule has 0 saturated carbocycles. The summed E-state index contributed by atoms with van der Waals surface area (Å²) in [7, 11) is 1.27. The Balaban J connectivity index is 1.68. The van der Waals surface area contributed by atoms with Crippen LogP contribution in [0.5, 0.6) is 5.75 Å². The van der Waals surface area contributed by atoms with Crippen LogP contribution in [0.3, 0.4) is 0 Å². The van der Waals surface area contributed by atoms with Crippen LogP contribution >= 0.6 is 11.3 Å². The monoisotopic (exact) mass is 532 g/mol. The van der Waals surface area contributed by atoms with Crippen molar-refractivity contribution >= 4 is 45.7 Å². The number of anilines is 1. The molecule has 3 aromatic rings.